The minimum absolute atomic E-state index is 0.0126. The highest BCUT2D eigenvalue weighted by Crippen LogP contribution is 2.38. The van der Waals surface area contributed by atoms with E-state index in [0.29, 0.717) is 11.0 Å². The third-order valence-electron chi connectivity index (χ3n) is 2.28. The first-order chi connectivity index (χ1) is 8.99. The second-order valence-electron chi connectivity index (χ2n) is 3.56. The Labute approximate surface area is 110 Å². The number of aromatic hydroxyl groups is 1. The van der Waals surface area contributed by atoms with Crippen LogP contribution in [0.5, 0.6) is 5.75 Å². The summed E-state index contributed by atoms with van der Waals surface area (Å²) < 4.78 is 26.8. The summed E-state index contributed by atoms with van der Waals surface area (Å²) in [6.07, 6.45) is 0. The van der Waals surface area contributed by atoms with Gasteiger partial charge in [0.2, 0.25) is 0 Å². The zero-order valence-corrected chi connectivity index (χ0v) is 10.2. The number of hydrogen-bond acceptors (Lipinski definition) is 4. The molecule has 0 aliphatic carbocycles. The fourth-order valence-electron chi connectivity index (χ4n) is 1.39. The number of rotatable bonds is 3. The van der Waals surface area contributed by atoms with Gasteiger partial charge in [-0.05, 0) is 30.3 Å². The highest BCUT2D eigenvalue weighted by molar-refractivity contribution is 7.99. The van der Waals surface area contributed by atoms with Crippen molar-refractivity contribution in [2.24, 2.45) is 0 Å². The second kappa shape index (κ2) is 5.23. The predicted octanol–water partition coefficient (Wildman–Crippen LogP) is 3.73. The van der Waals surface area contributed by atoms with Crippen LogP contribution in [0, 0.1) is 21.7 Å². The first-order valence-corrected chi connectivity index (χ1v) is 5.90. The van der Waals surface area contributed by atoms with E-state index in [-0.39, 0.29) is 5.75 Å². The third-order valence-corrected chi connectivity index (χ3v) is 3.38. The van der Waals surface area contributed by atoms with E-state index in [1.165, 1.54) is 24.3 Å². The average molecular weight is 283 g/mol. The van der Waals surface area contributed by atoms with E-state index in [1.54, 1.807) is 0 Å². The second-order valence-corrected chi connectivity index (χ2v) is 4.65. The Bertz CT molecular complexity index is 632. The molecule has 0 atom stereocenters. The summed E-state index contributed by atoms with van der Waals surface area (Å²) in [4.78, 5) is 10.1. The molecule has 0 spiro atoms. The predicted molar refractivity (Wildman–Crippen MR) is 65.2 cm³/mol. The number of phenols is 1. The highest BCUT2D eigenvalue weighted by atomic mass is 32.2. The molecular weight excluding hydrogens is 276 g/mol. The van der Waals surface area contributed by atoms with Crippen molar-refractivity contribution in [3.63, 3.8) is 0 Å². The Morgan fingerprint density at radius 1 is 1.11 bits per heavy atom. The normalized spacial score (nSPS) is 10.4. The lowest BCUT2D eigenvalue weighted by Gasteiger charge is -2.05. The maximum Gasteiger partial charge on any atom is 0.286 e. The molecule has 0 aromatic heterocycles. The molecule has 4 nitrogen and oxygen atoms in total. The molecule has 0 unspecified atom stereocenters. The van der Waals surface area contributed by atoms with Crippen LogP contribution in [0.3, 0.4) is 0 Å². The summed E-state index contributed by atoms with van der Waals surface area (Å²) >= 11 is 0.724. The molecule has 0 bridgehead atoms. The lowest BCUT2D eigenvalue weighted by Crippen LogP contribution is -1.96. The molecule has 2 rings (SSSR count). The Morgan fingerprint density at radius 3 is 2.32 bits per heavy atom. The zero-order chi connectivity index (χ0) is 14.0. The van der Waals surface area contributed by atoms with E-state index in [0.717, 1.165) is 17.8 Å². The van der Waals surface area contributed by atoms with Gasteiger partial charge in [-0.2, -0.15) is 0 Å². The van der Waals surface area contributed by atoms with Crippen molar-refractivity contribution in [1.29, 1.82) is 0 Å². The number of nitrogens with zero attached hydrogens (tertiary/aromatic N) is 1. The number of nitro groups is 1. The first kappa shape index (κ1) is 13.3. The van der Waals surface area contributed by atoms with E-state index in [2.05, 4.69) is 0 Å². The Balaban J connectivity index is 2.46. The molecule has 0 aliphatic rings. The van der Waals surface area contributed by atoms with Gasteiger partial charge >= 0.3 is 0 Å². The van der Waals surface area contributed by atoms with Gasteiger partial charge in [0, 0.05) is 11.0 Å². The van der Waals surface area contributed by atoms with E-state index < -0.39 is 27.1 Å². The summed E-state index contributed by atoms with van der Waals surface area (Å²) in [5, 5.41) is 19.9. The molecule has 0 aliphatic heterocycles. The molecule has 0 amide bonds. The zero-order valence-electron chi connectivity index (χ0n) is 9.34. The quantitative estimate of drug-likeness (QED) is 0.688. The van der Waals surface area contributed by atoms with Crippen LogP contribution in [-0.4, -0.2) is 10.0 Å². The summed E-state index contributed by atoms with van der Waals surface area (Å²) in [6.45, 7) is 0. The number of hydrogen-bond donors (Lipinski definition) is 1. The third kappa shape index (κ3) is 2.82. The number of phenolic OH excluding ortho intramolecular Hbond substituents is 1. The molecular formula is C12H7F2NO3S. The van der Waals surface area contributed by atoms with Crippen LogP contribution in [0.15, 0.2) is 46.2 Å². The lowest BCUT2D eigenvalue weighted by atomic mass is 10.3. The number of benzene rings is 2. The van der Waals surface area contributed by atoms with Gasteiger partial charge in [0.05, 0.1) is 4.92 Å². The van der Waals surface area contributed by atoms with Crippen molar-refractivity contribution in [2.75, 3.05) is 0 Å². The summed E-state index contributed by atoms with van der Waals surface area (Å²) in [5.41, 5.74) is -0.503. The van der Waals surface area contributed by atoms with Crippen LogP contribution >= 0.6 is 11.8 Å². The average Bonchev–Trinajstić information content (AvgIpc) is 2.37. The molecule has 0 saturated carbocycles. The maximum atomic E-state index is 13.6. The van der Waals surface area contributed by atoms with Crippen molar-refractivity contribution in [1.82, 2.24) is 0 Å². The van der Waals surface area contributed by atoms with E-state index in [1.807, 2.05) is 0 Å². The molecule has 19 heavy (non-hydrogen) atoms. The molecule has 7 heteroatoms. The fraction of sp³-hybridized carbons (Fsp3) is 0. The molecule has 0 heterocycles. The van der Waals surface area contributed by atoms with Crippen LogP contribution in [-0.2, 0) is 0 Å². The minimum Gasteiger partial charge on any atom is -0.508 e. The monoisotopic (exact) mass is 283 g/mol. The van der Waals surface area contributed by atoms with Crippen molar-refractivity contribution in [3.8, 4) is 5.75 Å². The van der Waals surface area contributed by atoms with Crippen LogP contribution in [0.25, 0.3) is 0 Å². The molecule has 98 valence electrons. The van der Waals surface area contributed by atoms with Crippen molar-refractivity contribution >= 4 is 17.4 Å². The van der Waals surface area contributed by atoms with Gasteiger partial charge in [-0.3, -0.25) is 10.1 Å². The minimum atomic E-state index is -1.26. The number of nitro benzene ring substituents is 1. The highest BCUT2D eigenvalue weighted by Gasteiger charge is 2.22. The van der Waals surface area contributed by atoms with Crippen molar-refractivity contribution in [3.05, 3.63) is 58.1 Å². The lowest BCUT2D eigenvalue weighted by molar-refractivity contribution is -0.388. The van der Waals surface area contributed by atoms with Gasteiger partial charge in [0.1, 0.15) is 10.6 Å². The van der Waals surface area contributed by atoms with Crippen LogP contribution in [0.2, 0.25) is 0 Å². The first-order valence-electron chi connectivity index (χ1n) is 5.08. The SMILES string of the molecule is O=[N+]([O-])c1ccc(F)c(F)c1Sc1ccc(O)cc1. The molecule has 1 N–H and O–H groups in total. The van der Waals surface area contributed by atoms with Crippen molar-refractivity contribution < 1.29 is 18.8 Å². The topological polar surface area (TPSA) is 63.4 Å². The maximum absolute atomic E-state index is 13.6. The van der Waals surface area contributed by atoms with E-state index >= 15 is 0 Å². The van der Waals surface area contributed by atoms with Crippen molar-refractivity contribution in [2.45, 2.75) is 9.79 Å². The summed E-state index contributed by atoms with van der Waals surface area (Å²) in [6, 6.07) is 7.24. The van der Waals surface area contributed by atoms with Crippen LogP contribution in [0.1, 0.15) is 0 Å². The Hall–Kier alpha value is -2.15. The van der Waals surface area contributed by atoms with Gasteiger partial charge < -0.3 is 5.11 Å². The molecule has 2 aromatic carbocycles. The smallest absolute Gasteiger partial charge is 0.286 e. The molecule has 0 saturated heterocycles. The summed E-state index contributed by atoms with van der Waals surface area (Å²) in [5.74, 6) is -2.39. The van der Waals surface area contributed by atoms with Crippen LogP contribution < -0.4 is 0 Å². The Morgan fingerprint density at radius 2 is 1.74 bits per heavy atom. The van der Waals surface area contributed by atoms with Gasteiger partial charge in [0.15, 0.2) is 11.6 Å². The molecule has 0 radical (unpaired) electrons. The number of halogens is 2. The Kier molecular flexibility index (Phi) is 3.66. The largest absolute Gasteiger partial charge is 0.508 e. The van der Waals surface area contributed by atoms with Gasteiger partial charge in [-0.15, -0.1) is 0 Å². The van der Waals surface area contributed by atoms with Gasteiger partial charge in [-0.25, -0.2) is 8.78 Å². The molecule has 0 fully saturated rings. The standard InChI is InChI=1S/C12H7F2NO3S/c13-9-5-6-10(15(17)18)12(11(9)14)19-8-3-1-7(16)2-4-8/h1-6,16H. The van der Waals surface area contributed by atoms with Gasteiger partial charge in [-0.1, -0.05) is 11.8 Å². The van der Waals surface area contributed by atoms with Gasteiger partial charge in [0.25, 0.3) is 5.69 Å². The van der Waals surface area contributed by atoms with Crippen LogP contribution in [0.4, 0.5) is 14.5 Å². The fourth-order valence-corrected chi connectivity index (χ4v) is 2.34. The molecule has 2 aromatic rings. The van der Waals surface area contributed by atoms with E-state index in [4.69, 9.17) is 5.11 Å². The summed E-state index contributed by atoms with van der Waals surface area (Å²) in [7, 11) is 0. The van der Waals surface area contributed by atoms with E-state index in [9.17, 15) is 18.9 Å².